The molecule has 3 aromatic rings. The third kappa shape index (κ3) is 4.48. The lowest BCUT2D eigenvalue weighted by Gasteiger charge is -2.05. The van der Waals surface area contributed by atoms with Crippen LogP contribution in [0.1, 0.15) is 17.4 Å². The van der Waals surface area contributed by atoms with E-state index in [2.05, 4.69) is 10.2 Å². The summed E-state index contributed by atoms with van der Waals surface area (Å²) in [7, 11) is 0. The summed E-state index contributed by atoms with van der Waals surface area (Å²) in [4.78, 5) is 21.8. The first-order chi connectivity index (χ1) is 12.9. The number of rotatable bonds is 7. The highest BCUT2D eigenvalue weighted by Crippen LogP contribution is 2.25. The summed E-state index contributed by atoms with van der Waals surface area (Å²) in [6, 6.07) is 7.12. The van der Waals surface area contributed by atoms with Gasteiger partial charge < -0.3 is 18.3 Å². The van der Waals surface area contributed by atoms with Gasteiger partial charge in [0.2, 0.25) is 0 Å². The smallest absolute Gasteiger partial charge is 0.344 e. The summed E-state index contributed by atoms with van der Waals surface area (Å²) in [5.41, 5.74) is 0.610. The van der Waals surface area contributed by atoms with Crippen LogP contribution in [0.25, 0.3) is 11.5 Å². The van der Waals surface area contributed by atoms with Crippen LogP contribution in [0, 0.1) is 24.0 Å². The molecule has 27 heavy (non-hydrogen) atoms. The van der Waals surface area contributed by atoms with E-state index >= 15 is 0 Å². The van der Waals surface area contributed by atoms with E-state index in [1.54, 1.807) is 19.9 Å². The van der Waals surface area contributed by atoms with Gasteiger partial charge in [-0.25, -0.2) is 4.79 Å². The SMILES string of the molecule is Cc1cc(-c2nnc(COC(=O)COc3ccc([N+](=O)[O-])cc3)o2)c(C)o1. The first kappa shape index (κ1) is 18.1. The quantitative estimate of drug-likeness (QED) is 0.348. The molecule has 0 unspecified atom stereocenters. The molecule has 0 saturated carbocycles. The number of nitrogens with zero attached hydrogens (tertiary/aromatic N) is 3. The lowest BCUT2D eigenvalue weighted by Crippen LogP contribution is -2.14. The molecule has 0 aliphatic heterocycles. The third-order valence-corrected chi connectivity index (χ3v) is 3.50. The number of carbonyl (C=O) groups is 1. The Morgan fingerprint density at radius 3 is 2.56 bits per heavy atom. The maximum absolute atomic E-state index is 11.7. The molecule has 0 saturated heterocycles. The highest BCUT2D eigenvalue weighted by Gasteiger charge is 2.16. The maximum atomic E-state index is 11.7. The number of nitro groups is 1. The lowest BCUT2D eigenvalue weighted by molar-refractivity contribution is -0.384. The molecule has 140 valence electrons. The summed E-state index contributed by atoms with van der Waals surface area (Å²) in [6.45, 7) is 3.02. The predicted molar refractivity (Wildman–Crippen MR) is 89.9 cm³/mol. The lowest BCUT2D eigenvalue weighted by atomic mass is 10.2. The van der Waals surface area contributed by atoms with Crippen molar-refractivity contribution in [1.82, 2.24) is 10.2 Å². The number of hydrogen-bond donors (Lipinski definition) is 0. The van der Waals surface area contributed by atoms with Crippen LogP contribution in [-0.4, -0.2) is 27.7 Å². The van der Waals surface area contributed by atoms with Gasteiger partial charge in [0.25, 0.3) is 17.5 Å². The van der Waals surface area contributed by atoms with E-state index in [1.165, 1.54) is 24.3 Å². The van der Waals surface area contributed by atoms with Gasteiger partial charge in [0.15, 0.2) is 13.2 Å². The molecular formula is C17H15N3O7. The molecule has 0 atom stereocenters. The van der Waals surface area contributed by atoms with Crippen molar-refractivity contribution in [3.05, 3.63) is 57.9 Å². The summed E-state index contributed by atoms with van der Waals surface area (Å²) >= 11 is 0. The van der Waals surface area contributed by atoms with Gasteiger partial charge in [-0.15, -0.1) is 10.2 Å². The van der Waals surface area contributed by atoms with Crippen LogP contribution < -0.4 is 4.74 Å². The van der Waals surface area contributed by atoms with Crippen molar-refractivity contribution in [3.63, 3.8) is 0 Å². The molecule has 0 aliphatic rings. The zero-order valence-corrected chi connectivity index (χ0v) is 14.5. The van der Waals surface area contributed by atoms with Crippen molar-refractivity contribution >= 4 is 11.7 Å². The molecule has 3 rings (SSSR count). The number of ether oxygens (including phenoxy) is 2. The first-order valence-electron chi connectivity index (χ1n) is 7.85. The molecule has 2 aromatic heterocycles. The van der Waals surface area contributed by atoms with Gasteiger partial charge in [0.1, 0.15) is 17.3 Å². The van der Waals surface area contributed by atoms with E-state index in [0.717, 1.165) is 5.76 Å². The van der Waals surface area contributed by atoms with Crippen LogP contribution >= 0.6 is 0 Å². The molecule has 0 aliphatic carbocycles. The number of carbonyl (C=O) groups excluding carboxylic acids is 1. The molecule has 10 nitrogen and oxygen atoms in total. The molecule has 0 fully saturated rings. The first-order valence-corrected chi connectivity index (χ1v) is 7.85. The highest BCUT2D eigenvalue weighted by atomic mass is 16.6. The average Bonchev–Trinajstić information content (AvgIpc) is 3.24. The second kappa shape index (κ2) is 7.68. The van der Waals surface area contributed by atoms with Gasteiger partial charge in [0, 0.05) is 12.1 Å². The fourth-order valence-electron chi connectivity index (χ4n) is 2.25. The summed E-state index contributed by atoms with van der Waals surface area (Å²) in [6.07, 6.45) is 0. The van der Waals surface area contributed by atoms with Gasteiger partial charge in [-0.2, -0.15) is 0 Å². The van der Waals surface area contributed by atoms with E-state index in [1.807, 2.05) is 0 Å². The van der Waals surface area contributed by atoms with E-state index in [4.69, 9.17) is 18.3 Å². The minimum atomic E-state index is -0.650. The standard InChI is InChI=1S/C17H15N3O7/c1-10-7-14(11(2)26-10)17-19-18-15(27-17)8-25-16(21)9-24-13-5-3-12(4-6-13)20(22)23/h3-7H,8-9H2,1-2H3. The van der Waals surface area contributed by atoms with Crippen molar-refractivity contribution in [2.75, 3.05) is 6.61 Å². The van der Waals surface area contributed by atoms with Crippen LogP contribution in [0.15, 0.2) is 39.2 Å². The summed E-state index contributed by atoms with van der Waals surface area (Å²) in [5.74, 6) is 1.43. The van der Waals surface area contributed by atoms with Crippen molar-refractivity contribution in [3.8, 4) is 17.2 Å². The second-order valence-corrected chi connectivity index (χ2v) is 5.53. The average molecular weight is 373 g/mol. The van der Waals surface area contributed by atoms with Crippen LogP contribution in [0.3, 0.4) is 0 Å². The van der Waals surface area contributed by atoms with Gasteiger partial charge in [-0.05, 0) is 32.0 Å². The Morgan fingerprint density at radius 1 is 1.19 bits per heavy atom. The van der Waals surface area contributed by atoms with Crippen molar-refractivity contribution in [1.29, 1.82) is 0 Å². The molecule has 0 bridgehead atoms. The van der Waals surface area contributed by atoms with Gasteiger partial charge in [-0.3, -0.25) is 10.1 Å². The number of non-ortho nitro benzene ring substituents is 1. The zero-order valence-electron chi connectivity index (χ0n) is 14.5. The van der Waals surface area contributed by atoms with Crippen molar-refractivity contribution in [2.45, 2.75) is 20.5 Å². The molecule has 0 radical (unpaired) electrons. The summed E-state index contributed by atoms with van der Waals surface area (Å²) in [5, 5.41) is 18.3. The second-order valence-electron chi connectivity index (χ2n) is 5.53. The molecular weight excluding hydrogens is 358 g/mol. The Bertz CT molecular complexity index is 959. The fourth-order valence-corrected chi connectivity index (χ4v) is 2.25. The van der Waals surface area contributed by atoms with Crippen LogP contribution in [0.2, 0.25) is 0 Å². The number of furan rings is 1. The van der Waals surface area contributed by atoms with E-state index in [-0.39, 0.29) is 30.7 Å². The number of benzene rings is 1. The number of aryl methyl sites for hydroxylation is 2. The Labute approximate surface area is 152 Å². The van der Waals surface area contributed by atoms with Crippen LogP contribution in [0.4, 0.5) is 5.69 Å². The largest absolute Gasteiger partial charge is 0.482 e. The molecule has 0 spiro atoms. The zero-order chi connectivity index (χ0) is 19.4. The normalized spacial score (nSPS) is 10.6. The molecule has 0 amide bonds. The fraction of sp³-hybridized carbons (Fsp3) is 0.235. The molecule has 10 heteroatoms. The highest BCUT2D eigenvalue weighted by molar-refractivity contribution is 5.71. The minimum Gasteiger partial charge on any atom is -0.482 e. The van der Waals surface area contributed by atoms with Gasteiger partial charge in [-0.1, -0.05) is 0 Å². The topological polar surface area (TPSA) is 131 Å². The minimum absolute atomic E-state index is 0.0693. The molecule has 1 aromatic carbocycles. The van der Waals surface area contributed by atoms with Gasteiger partial charge >= 0.3 is 5.97 Å². The number of aromatic nitrogens is 2. The van der Waals surface area contributed by atoms with E-state index < -0.39 is 10.9 Å². The van der Waals surface area contributed by atoms with Crippen molar-refractivity contribution < 1.29 is 28.0 Å². The number of esters is 1. The number of hydrogen-bond acceptors (Lipinski definition) is 9. The number of nitro benzene ring substituents is 1. The Kier molecular flexibility index (Phi) is 5.15. The molecule has 0 N–H and O–H groups in total. The Morgan fingerprint density at radius 2 is 1.93 bits per heavy atom. The van der Waals surface area contributed by atoms with Crippen molar-refractivity contribution in [2.24, 2.45) is 0 Å². The summed E-state index contributed by atoms with van der Waals surface area (Å²) < 4.78 is 21.1. The van der Waals surface area contributed by atoms with Gasteiger partial charge in [0.05, 0.1) is 10.5 Å². The monoisotopic (exact) mass is 373 g/mol. The Balaban J connectivity index is 1.49. The maximum Gasteiger partial charge on any atom is 0.344 e. The predicted octanol–water partition coefficient (Wildman–Crippen LogP) is 2.98. The van der Waals surface area contributed by atoms with E-state index in [9.17, 15) is 14.9 Å². The Hall–Kier alpha value is -3.69. The molecule has 2 heterocycles. The van der Waals surface area contributed by atoms with E-state index in [0.29, 0.717) is 17.1 Å². The third-order valence-electron chi connectivity index (χ3n) is 3.50. The van der Waals surface area contributed by atoms with Crippen LogP contribution in [0.5, 0.6) is 5.75 Å². The van der Waals surface area contributed by atoms with Crippen LogP contribution in [-0.2, 0) is 16.1 Å².